The molecule has 0 bridgehead atoms. The zero-order valence-corrected chi connectivity index (χ0v) is 64.1. The molecule has 0 aliphatic carbocycles. The van der Waals surface area contributed by atoms with Gasteiger partial charge in [-0.3, -0.25) is 22.9 Å². The topological polar surface area (TPSA) is 101 Å². The van der Waals surface area contributed by atoms with Crippen LogP contribution in [0.2, 0.25) is 0 Å². The first-order valence-corrected chi connectivity index (χ1v) is 41.9. The zero-order valence-electron chi connectivity index (χ0n) is 62.3. The van der Waals surface area contributed by atoms with Crippen LogP contribution in [0.3, 0.4) is 0 Å². The number of thiophene rings is 1. The molecule has 10 heterocycles. The fraction of sp³-hybridized carbons (Fsp3) is 0. The van der Waals surface area contributed by atoms with Gasteiger partial charge in [0, 0.05) is 44.4 Å². The number of hydrogen-bond donors (Lipinski definition) is 0. The fourth-order valence-electron chi connectivity index (χ4n) is 19.1. The number of benzene rings is 15. The van der Waals surface area contributed by atoms with Crippen molar-refractivity contribution in [2.75, 3.05) is 28.9 Å². The van der Waals surface area contributed by atoms with Crippen molar-refractivity contribution in [2.24, 2.45) is 0 Å². The van der Waals surface area contributed by atoms with Crippen molar-refractivity contribution in [1.82, 2.24) is 32.9 Å². The molecular formula is C98H64B2N14SSi. The highest BCUT2D eigenvalue weighted by Crippen LogP contribution is 2.58. The number of hydrogen-bond acceptors (Lipinski definition) is 11. The lowest BCUT2D eigenvalue weighted by molar-refractivity contribution is 1.11. The SMILES string of the molecule is N#Cc1ccc2nc3n(-c4cccc(N5B6N(c7cccc(-n8c9ccccc9n9c%10ccccc%10nc89)c7)c7ccccc7N6c6ccccc65)c4)c4ccccc4n3c2c1.c1ccc(N2B3N(c4cccc([Si](c5ccccc5)(c5ccccc5)c5nccc6c5sc5ccccc56)c4)c4ccccc4N3c3ccccc32)cc1. The Morgan fingerprint density at radius 3 is 1.21 bits per heavy atom. The third-order valence-electron chi connectivity index (χ3n) is 23.8. The molecule has 0 saturated heterocycles. The molecule has 116 heavy (non-hydrogen) atoms. The van der Waals surface area contributed by atoms with E-state index in [9.17, 15) is 5.26 Å². The van der Waals surface area contributed by atoms with Crippen molar-refractivity contribution >= 4 is 199 Å². The highest BCUT2D eigenvalue weighted by atomic mass is 32.1. The third-order valence-corrected chi connectivity index (χ3v) is 29.9. The first-order valence-electron chi connectivity index (χ1n) is 39.1. The van der Waals surface area contributed by atoms with E-state index in [1.54, 1.807) is 0 Å². The molecule has 21 aromatic rings. The maximum Gasteiger partial charge on any atom is 0.519 e. The normalized spacial score (nSPS) is 13.4. The van der Waals surface area contributed by atoms with Gasteiger partial charge in [-0.05, 0) is 191 Å². The number of imidazole rings is 4. The minimum atomic E-state index is -3.03. The van der Waals surface area contributed by atoms with Gasteiger partial charge in [-0.15, -0.1) is 11.3 Å². The molecule has 4 aliphatic rings. The number of aromatic nitrogens is 7. The van der Waals surface area contributed by atoms with E-state index >= 15 is 0 Å². The minimum Gasteiger partial charge on any atom is -0.344 e. The summed E-state index contributed by atoms with van der Waals surface area (Å²) in [6.07, 6.45) is 2.04. The maximum absolute atomic E-state index is 9.78. The number of nitriles is 1. The standard InChI is InChI=1S/C51H31BN10.C47H33BN4SSi/c53-32-33-27-28-39-49(29-33)59-44-22-6-4-20-42(44)57(51(59)55-39)35-14-12-16-37(31-35)61-46-24-8-10-26-48(46)62-47-25-9-7-23-45(47)60(52(61)62)36-15-11-13-34(30-36)56-41-19-3-5-21-43(41)58-40-18-2-1-17-38(40)54-50(56)58;1-4-17-34(18-5-1)50-41-26-11-13-28-43(41)52-44-29-14-12-27-42(44)51(48(50)52)35-19-16-24-38(33-35)54(36-20-6-2-7-21-36,37-22-8-3-9-23-37)47-46-40(31-32-49-47)39-25-10-15-30-45(39)53-46/h1-31H;1-33H. The van der Waals surface area contributed by atoms with Crippen LogP contribution in [0.1, 0.15) is 5.56 Å². The Kier molecular flexibility index (Phi) is 14.5. The number of fused-ring (bicyclic) bond motifs is 23. The van der Waals surface area contributed by atoms with Gasteiger partial charge in [0.2, 0.25) is 19.6 Å². The summed E-state index contributed by atoms with van der Waals surface area (Å²) in [5.74, 6) is 1.67. The summed E-state index contributed by atoms with van der Waals surface area (Å²) in [4.78, 5) is 30.7. The number of rotatable bonds is 10. The molecule has 0 saturated carbocycles. The molecule has 0 amide bonds. The van der Waals surface area contributed by atoms with Gasteiger partial charge in [0.25, 0.3) is 0 Å². The van der Waals surface area contributed by atoms with Gasteiger partial charge in [0.15, 0.2) is 0 Å². The molecular weight excluding hydrogens is 1450 g/mol. The second-order valence-corrected chi connectivity index (χ2v) is 34.6. The molecule has 0 atom stereocenters. The highest BCUT2D eigenvalue weighted by Gasteiger charge is 2.56. The van der Waals surface area contributed by atoms with E-state index < -0.39 is 8.07 Å². The Hall–Kier alpha value is -15.2. The summed E-state index contributed by atoms with van der Waals surface area (Å²) < 4.78 is 11.5. The molecule has 25 rings (SSSR count). The van der Waals surface area contributed by atoms with Crippen LogP contribution in [0.25, 0.3) is 87.2 Å². The molecule has 0 radical (unpaired) electrons. The molecule has 14 nitrogen and oxygen atoms in total. The van der Waals surface area contributed by atoms with E-state index in [-0.39, 0.29) is 14.2 Å². The van der Waals surface area contributed by atoms with Gasteiger partial charge in [-0.25, -0.2) is 9.97 Å². The molecule has 0 fully saturated rings. The van der Waals surface area contributed by atoms with Crippen LogP contribution in [-0.4, -0.2) is 55.2 Å². The first kappa shape index (κ1) is 65.5. The quantitative estimate of drug-likeness (QED) is 0.0972. The van der Waals surface area contributed by atoms with Crippen LogP contribution < -0.4 is 49.7 Å². The summed E-state index contributed by atoms with van der Waals surface area (Å²) >= 11 is 1.87. The zero-order chi connectivity index (χ0) is 76.3. The van der Waals surface area contributed by atoms with Crippen LogP contribution in [0, 0.1) is 11.3 Å². The van der Waals surface area contributed by atoms with Crippen LogP contribution in [-0.2, 0) is 0 Å². The molecule has 15 aromatic carbocycles. The van der Waals surface area contributed by atoms with Crippen molar-refractivity contribution in [3.63, 3.8) is 0 Å². The van der Waals surface area contributed by atoms with Crippen molar-refractivity contribution in [3.05, 3.63) is 394 Å². The third kappa shape index (κ3) is 9.49. The molecule has 0 N–H and O–H groups in total. The summed E-state index contributed by atoms with van der Waals surface area (Å²) in [5.41, 5.74) is 24.4. The fourth-order valence-corrected chi connectivity index (χ4v) is 25.5. The lowest BCUT2D eigenvalue weighted by Crippen LogP contribution is -2.75. The highest BCUT2D eigenvalue weighted by molar-refractivity contribution is 7.30. The second-order valence-electron chi connectivity index (χ2n) is 29.9. The molecule has 542 valence electrons. The van der Waals surface area contributed by atoms with Crippen molar-refractivity contribution in [3.8, 4) is 17.4 Å². The largest absolute Gasteiger partial charge is 0.519 e. The lowest BCUT2D eigenvalue weighted by Gasteiger charge is -2.35. The average Bonchev–Trinajstić information content (AvgIpc) is 1.42. The summed E-state index contributed by atoms with van der Waals surface area (Å²) in [6, 6.07) is 140. The van der Waals surface area contributed by atoms with Gasteiger partial charge in [-0.1, -0.05) is 206 Å². The average molecular weight is 1520 g/mol. The molecule has 0 spiro atoms. The Balaban J connectivity index is 0.000000135. The predicted octanol–water partition coefficient (Wildman–Crippen LogP) is 20.7. The monoisotopic (exact) mass is 1520 g/mol. The number of para-hydroxylation sites is 15. The van der Waals surface area contributed by atoms with Crippen LogP contribution in [0.15, 0.2) is 388 Å². The maximum atomic E-state index is 9.78. The smallest absolute Gasteiger partial charge is 0.344 e. The second kappa shape index (κ2) is 25.7. The molecule has 6 aromatic heterocycles. The Morgan fingerprint density at radius 2 is 0.681 bits per heavy atom. The lowest BCUT2D eigenvalue weighted by atomic mass is 9.86. The van der Waals surface area contributed by atoms with Gasteiger partial charge in [0.1, 0.15) is 0 Å². The Labute approximate surface area is 672 Å². The van der Waals surface area contributed by atoms with E-state index in [1.807, 2.05) is 41.8 Å². The van der Waals surface area contributed by atoms with E-state index in [0.717, 1.165) is 113 Å². The molecule has 4 aliphatic heterocycles. The van der Waals surface area contributed by atoms with Crippen LogP contribution in [0.4, 0.5) is 68.2 Å². The minimum absolute atomic E-state index is 0.133. The van der Waals surface area contributed by atoms with Gasteiger partial charge < -0.3 is 28.9 Å². The Bertz CT molecular complexity index is 7570. The summed E-state index contributed by atoms with van der Waals surface area (Å²) in [5, 5.41) is 17.4. The first-order chi connectivity index (χ1) is 57.5. The van der Waals surface area contributed by atoms with E-state index in [4.69, 9.17) is 15.0 Å². The van der Waals surface area contributed by atoms with Gasteiger partial charge in [0.05, 0.1) is 123 Å². The molecule has 18 heteroatoms. The van der Waals surface area contributed by atoms with Crippen LogP contribution in [0.5, 0.6) is 0 Å². The van der Waals surface area contributed by atoms with Crippen molar-refractivity contribution in [2.45, 2.75) is 0 Å². The summed E-state index contributed by atoms with van der Waals surface area (Å²) in [7, 11) is -3.43. The van der Waals surface area contributed by atoms with E-state index in [2.05, 4.69) is 411 Å². The van der Waals surface area contributed by atoms with E-state index in [1.165, 1.54) is 63.8 Å². The van der Waals surface area contributed by atoms with Crippen LogP contribution >= 0.6 is 11.3 Å². The van der Waals surface area contributed by atoms with Crippen molar-refractivity contribution in [1.29, 1.82) is 5.26 Å². The number of pyridine rings is 1. The number of anilines is 12. The predicted molar refractivity (Wildman–Crippen MR) is 481 cm³/mol. The number of nitrogens with zero attached hydrogens (tertiary/aromatic N) is 14. The van der Waals surface area contributed by atoms with Gasteiger partial charge in [-0.2, -0.15) is 5.26 Å². The van der Waals surface area contributed by atoms with Gasteiger partial charge >= 0.3 is 14.2 Å². The van der Waals surface area contributed by atoms with E-state index in [0.29, 0.717) is 5.56 Å². The summed E-state index contributed by atoms with van der Waals surface area (Å²) in [6.45, 7) is 0. The van der Waals surface area contributed by atoms with Crippen molar-refractivity contribution < 1.29 is 0 Å². The molecule has 0 unspecified atom stereocenters. The Morgan fingerprint density at radius 1 is 0.293 bits per heavy atom.